The summed E-state index contributed by atoms with van der Waals surface area (Å²) in [5, 5.41) is 27.7. The van der Waals surface area contributed by atoms with Crippen molar-refractivity contribution in [1.82, 2.24) is 10.1 Å². The summed E-state index contributed by atoms with van der Waals surface area (Å²) in [6.07, 6.45) is 1.54. The number of hydroxylamine groups is 4. The molecule has 2 radical (unpaired) electrons. The van der Waals surface area contributed by atoms with Crippen LogP contribution in [0, 0.1) is 0 Å². The van der Waals surface area contributed by atoms with Gasteiger partial charge in [0.05, 0.1) is 22.2 Å². The molecule has 0 saturated carbocycles. The lowest BCUT2D eigenvalue weighted by molar-refractivity contribution is -0.236. The average Bonchev–Trinajstić information content (AvgIpc) is 2.90. The largest absolute Gasteiger partial charge is 0.298 e. The molecule has 1 aromatic carbocycles. The topological polar surface area (TPSA) is 80.4 Å². The van der Waals surface area contributed by atoms with Gasteiger partial charge in [-0.1, -0.05) is 24.3 Å². The standard InChI is InChI=1S/C24H30N2O4/c1-21(2)17(13-27)19(23(5,6)25(21)29)15-9-11-16(12-10-15)20-18(14-28)22(3,4)26(30)24(20,7)8/h9-14H,1-8H3. The first-order valence-electron chi connectivity index (χ1n) is 10.1. The number of carbonyl (C=O) groups is 2. The van der Waals surface area contributed by atoms with Crippen LogP contribution in [-0.2, 0) is 20.0 Å². The molecule has 0 unspecified atom stereocenters. The number of rotatable bonds is 4. The molecule has 6 nitrogen and oxygen atoms in total. The quantitative estimate of drug-likeness (QED) is 0.702. The van der Waals surface area contributed by atoms with Crippen molar-refractivity contribution >= 4 is 23.7 Å². The van der Waals surface area contributed by atoms with Gasteiger partial charge in [-0.15, -0.1) is 20.5 Å². The lowest BCUT2D eigenvalue weighted by atomic mass is 9.83. The second-order valence-electron chi connectivity index (χ2n) is 10.2. The number of hydrogen-bond acceptors (Lipinski definition) is 4. The van der Waals surface area contributed by atoms with E-state index in [1.807, 2.05) is 52.0 Å². The summed E-state index contributed by atoms with van der Waals surface area (Å²) in [5.74, 6) is 0. The Labute approximate surface area is 178 Å². The summed E-state index contributed by atoms with van der Waals surface area (Å²) in [6, 6.07) is 7.43. The molecule has 0 atom stereocenters. The van der Waals surface area contributed by atoms with E-state index in [-0.39, 0.29) is 0 Å². The Morgan fingerprint density at radius 1 is 0.567 bits per heavy atom. The molecule has 6 heteroatoms. The highest BCUT2D eigenvalue weighted by Gasteiger charge is 2.53. The van der Waals surface area contributed by atoms with Gasteiger partial charge in [-0.25, -0.2) is 0 Å². The summed E-state index contributed by atoms with van der Waals surface area (Å²) in [5.41, 5.74) is 0.311. The molecular formula is C24H30N2O4. The molecule has 0 amide bonds. The number of carbonyl (C=O) groups excluding carboxylic acids is 2. The Kier molecular flexibility index (Phi) is 5.03. The highest BCUT2D eigenvalue weighted by Crippen LogP contribution is 2.50. The van der Waals surface area contributed by atoms with Crippen LogP contribution >= 0.6 is 0 Å². The Morgan fingerprint density at radius 3 is 1.07 bits per heavy atom. The third-order valence-corrected chi connectivity index (χ3v) is 6.81. The van der Waals surface area contributed by atoms with Gasteiger partial charge in [-0.3, -0.25) is 9.59 Å². The number of benzene rings is 1. The number of hydrogen-bond donors (Lipinski definition) is 0. The van der Waals surface area contributed by atoms with Crippen molar-refractivity contribution in [1.29, 1.82) is 0 Å². The summed E-state index contributed by atoms with van der Waals surface area (Å²) in [4.78, 5) is 23.8. The van der Waals surface area contributed by atoms with Gasteiger partial charge in [0.25, 0.3) is 0 Å². The van der Waals surface area contributed by atoms with Crippen molar-refractivity contribution in [3.63, 3.8) is 0 Å². The van der Waals surface area contributed by atoms with E-state index in [2.05, 4.69) is 0 Å². The van der Waals surface area contributed by atoms with Crippen molar-refractivity contribution in [2.75, 3.05) is 0 Å². The molecule has 0 bridgehead atoms. The minimum atomic E-state index is -0.924. The zero-order valence-electron chi connectivity index (χ0n) is 19.0. The first-order valence-corrected chi connectivity index (χ1v) is 10.1. The second-order valence-corrected chi connectivity index (χ2v) is 10.2. The first-order chi connectivity index (χ1) is 13.7. The van der Waals surface area contributed by atoms with E-state index in [9.17, 15) is 20.0 Å². The minimum absolute atomic E-state index is 0.469. The molecular weight excluding hydrogens is 380 g/mol. The van der Waals surface area contributed by atoms with Gasteiger partial charge in [0.2, 0.25) is 0 Å². The average molecular weight is 411 g/mol. The highest BCUT2D eigenvalue weighted by atomic mass is 16.5. The van der Waals surface area contributed by atoms with Crippen molar-refractivity contribution in [3.05, 3.63) is 46.5 Å². The van der Waals surface area contributed by atoms with Gasteiger partial charge >= 0.3 is 0 Å². The molecule has 1 aromatic rings. The van der Waals surface area contributed by atoms with Gasteiger partial charge in [0, 0.05) is 11.1 Å². The van der Waals surface area contributed by atoms with E-state index >= 15 is 0 Å². The van der Waals surface area contributed by atoms with E-state index in [4.69, 9.17) is 0 Å². The minimum Gasteiger partial charge on any atom is -0.298 e. The monoisotopic (exact) mass is 410 g/mol. The van der Waals surface area contributed by atoms with Crippen LogP contribution in [0.3, 0.4) is 0 Å². The normalized spacial score (nSPS) is 25.1. The second kappa shape index (κ2) is 6.69. The summed E-state index contributed by atoms with van der Waals surface area (Å²) in [7, 11) is 0. The number of aldehydes is 2. The van der Waals surface area contributed by atoms with Gasteiger partial charge in [-0.2, -0.15) is 0 Å². The molecule has 0 spiro atoms. The maximum Gasteiger partial charge on any atom is 0.148 e. The van der Waals surface area contributed by atoms with Gasteiger partial charge in [-0.05, 0) is 77.7 Å². The molecule has 30 heavy (non-hydrogen) atoms. The van der Waals surface area contributed by atoms with E-state index in [0.717, 1.165) is 33.8 Å². The van der Waals surface area contributed by atoms with Crippen LogP contribution < -0.4 is 0 Å². The Bertz CT molecular complexity index is 886. The van der Waals surface area contributed by atoms with E-state index in [1.165, 1.54) is 0 Å². The van der Waals surface area contributed by atoms with Crippen LogP contribution in [0.15, 0.2) is 35.4 Å². The lowest BCUT2D eigenvalue weighted by Crippen LogP contribution is -2.47. The Hall–Kier alpha value is -2.12. The predicted molar refractivity (Wildman–Crippen MR) is 114 cm³/mol. The summed E-state index contributed by atoms with van der Waals surface area (Å²) < 4.78 is 0. The third-order valence-electron chi connectivity index (χ3n) is 6.81. The van der Waals surface area contributed by atoms with E-state index in [0.29, 0.717) is 22.3 Å². The molecule has 2 heterocycles. The predicted octanol–water partition coefficient (Wildman–Crippen LogP) is 4.03. The SMILES string of the molecule is CC1(C)C(C=O)=C(c2ccc(C3=C(C=O)C(C)(C)N([O])C3(C)C)cc2)C(C)(C)N1[O]. The smallest absolute Gasteiger partial charge is 0.148 e. The van der Waals surface area contributed by atoms with Gasteiger partial charge in [0.15, 0.2) is 0 Å². The maximum absolute atomic E-state index is 12.9. The van der Waals surface area contributed by atoms with E-state index in [1.54, 1.807) is 27.7 Å². The van der Waals surface area contributed by atoms with Crippen molar-refractivity contribution in [2.45, 2.75) is 77.5 Å². The zero-order chi connectivity index (χ0) is 22.9. The molecule has 3 rings (SSSR count). The summed E-state index contributed by atoms with van der Waals surface area (Å²) in [6.45, 7) is 14.2. The fourth-order valence-electron chi connectivity index (χ4n) is 5.32. The fraction of sp³-hybridized carbons (Fsp3) is 0.500. The number of nitrogens with zero attached hydrogens (tertiary/aromatic N) is 2. The molecule has 0 aliphatic carbocycles. The van der Waals surface area contributed by atoms with Crippen LogP contribution in [0.2, 0.25) is 0 Å². The first kappa shape index (κ1) is 22.6. The van der Waals surface area contributed by atoms with Crippen molar-refractivity contribution in [2.24, 2.45) is 0 Å². The molecule has 0 aromatic heterocycles. The van der Waals surface area contributed by atoms with Crippen molar-refractivity contribution < 1.29 is 20.0 Å². The van der Waals surface area contributed by atoms with Crippen LogP contribution in [0.4, 0.5) is 0 Å². The molecule has 0 fully saturated rings. The van der Waals surface area contributed by atoms with Crippen LogP contribution in [0.1, 0.15) is 66.5 Å². The van der Waals surface area contributed by atoms with E-state index < -0.39 is 22.2 Å². The molecule has 0 saturated heterocycles. The van der Waals surface area contributed by atoms with Crippen LogP contribution in [0.5, 0.6) is 0 Å². The fourth-order valence-corrected chi connectivity index (χ4v) is 5.32. The highest BCUT2D eigenvalue weighted by molar-refractivity contribution is 5.97. The zero-order valence-corrected chi connectivity index (χ0v) is 19.0. The molecule has 0 N–H and O–H groups in total. The third kappa shape index (κ3) is 2.78. The van der Waals surface area contributed by atoms with Gasteiger partial charge in [0.1, 0.15) is 12.6 Å². The maximum atomic E-state index is 12.9. The lowest BCUT2D eigenvalue weighted by Gasteiger charge is -2.34. The Morgan fingerprint density at radius 2 is 0.833 bits per heavy atom. The molecule has 160 valence electrons. The van der Waals surface area contributed by atoms with Gasteiger partial charge < -0.3 is 0 Å². The Balaban J connectivity index is 2.17. The summed E-state index contributed by atoms with van der Waals surface area (Å²) >= 11 is 0. The van der Waals surface area contributed by atoms with Crippen molar-refractivity contribution in [3.8, 4) is 0 Å². The van der Waals surface area contributed by atoms with Crippen LogP contribution in [0.25, 0.3) is 11.1 Å². The molecule has 2 aliphatic heterocycles. The molecule has 2 aliphatic rings. The van der Waals surface area contributed by atoms with Crippen LogP contribution in [-0.4, -0.2) is 44.9 Å².